The Kier molecular flexibility index (Phi) is 2.31. The van der Waals surface area contributed by atoms with Crippen LogP contribution in [-0.4, -0.2) is 27.9 Å². The van der Waals surface area contributed by atoms with Gasteiger partial charge in [-0.2, -0.15) is 5.10 Å². The maximum Gasteiger partial charge on any atom is 0.355 e. The summed E-state index contributed by atoms with van der Waals surface area (Å²) in [4.78, 5) is 14.6. The molecule has 0 amide bonds. The van der Waals surface area contributed by atoms with E-state index in [9.17, 15) is 4.79 Å². The lowest BCUT2D eigenvalue weighted by Gasteiger charge is -2.15. The summed E-state index contributed by atoms with van der Waals surface area (Å²) >= 11 is 1.25. The SMILES string of the molecule is C[C@@H]1CC(N)=NN1c1nc(C(=O)O)cs1. The zero-order valence-electron chi connectivity index (χ0n) is 8.04. The molecule has 7 heteroatoms. The van der Waals surface area contributed by atoms with Crippen molar-refractivity contribution in [1.82, 2.24) is 4.98 Å². The predicted molar refractivity (Wildman–Crippen MR) is 57.3 cm³/mol. The largest absolute Gasteiger partial charge is 0.476 e. The van der Waals surface area contributed by atoms with Crippen molar-refractivity contribution < 1.29 is 9.90 Å². The quantitative estimate of drug-likeness (QED) is 0.775. The number of amidine groups is 1. The van der Waals surface area contributed by atoms with Crippen molar-refractivity contribution in [2.75, 3.05) is 5.01 Å². The molecule has 0 bridgehead atoms. The third-order valence-electron chi connectivity index (χ3n) is 2.07. The summed E-state index contributed by atoms with van der Waals surface area (Å²) in [5.41, 5.74) is 5.63. The molecule has 0 unspecified atom stereocenters. The highest BCUT2D eigenvalue weighted by Gasteiger charge is 2.25. The van der Waals surface area contributed by atoms with Gasteiger partial charge < -0.3 is 10.8 Å². The maximum atomic E-state index is 10.6. The lowest BCUT2D eigenvalue weighted by molar-refractivity contribution is 0.0691. The second-order valence-electron chi connectivity index (χ2n) is 3.31. The first-order chi connectivity index (χ1) is 7.08. The van der Waals surface area contributed by atoms with Gasteiger partial charge in [0.25, 0.3) is 0 Å². The number of hydrazone groups is 1. The number of hydrogen-bond acceptors (Lipinski definition) is 6. The Bertz CT molecular complexity index is 428. The molecule has 2 heterocycles. The van der Waals surface area contributed by atoms with Crippen molar-refractivity contribution in [3.8, 4) is 0 Å². The highest BCUT2D eigenvalue weighted by Crippen LogP contribution is 2.26. The zero-order chi connectivity index (χ0) is 11.0. The molecule has 15 heavy (non-hydrogen) atoms. The molecule has 6 nitrogen and oxygen atoms in total. The molecule has 1 aromatic rings. The number of carbonyl (C=O) groups is 1. The summed E-state index contributed by atoms with van der Waals surface area (Å²) < 4.78 is 0. The number of hydrogen-bond donors (Lipinski definition) is 2. The van der Waals surface area contributed by atoms with Crippen LogP contribution in [-0.2, 0) is 0 Å². The van der Waals surface area contributed by atoms with E-state index in [4.69, 9.17) is 10.8 Å². The topological polar surface area (TPSA) is 91.8 Å². The average Bonchev–Trinajstić information content (AvgIpc) is 2.71. The van der Waals surface area contributed by atoms with Crippen molar-refractivity contribution in [2.45, 2.75) is 19.4 Å². The molecule has 1 aromatic heterocycles. The fraction of sp³-hybridized carbons (Fsp3) is 0.375. The van der Waals surface area contributed by atoms with Gasteiger partial charge in [-0.05, 0) is 6.92 Å². The third-order valence-corrected chi connectivity index (χ3v) is 2.90. The van der Waals surface area contributed by atoms with Crippen LogP contribution in [0.25, 0.3) is 0 Å². The van der Waals surface area contributed by atoms with Crippen molar-refractivity contribution in [3.63, 3.8) is 0 Å². The number of carboxylic acid groups (broad SMARTS) is 1. The molecule has 2 rings (SSSR count). The lowest BCUT2D eigenvalue weighted by atomic mass is 10.2. The van der Waals surface area contributed by atoms with Crippen molar-refractivity contribution in [2.24, 2.45) is 10.8 Å². The van der Waals surface area contributed by atoms with E-state index in [1.54, 1.807) is 5.01 Å². The first-order valence-electron chi connectivity index (χ1n) is 4.39. The Morgan fingerprint density at radius 2 is 2.53 bits per heavy atom. The fourth-order valence-electron chi connectivity index (χ4n) is 1.37. The van der Waals surface area contributed by atoms with E-state index in [1.165, 1.54) is 16.7 Å². The maximum absolute atomic E-state index is 10.6. The number of anilines is 1. The molecular weight excluding hydrogens is 216 g/mol. The van der Waals surface area contributed by atoms with E-state index in [0.29, 0.717) is 17.4 Å². The number of aromatic nitrogens is 1. The molecule has 1 atom stereocenters. The van der Waals surface area contributed by atoms with Gasteiger partial charge in [0.15, 0.2) is 5.69 Å². The van der Waals surface area contributed by atoms with Crippen LogP contribution in [0.1, 0.15) is 23.8 Å². The molecule has 0 aliphatic carbocycles. The minimum Gasteiger partial charge on any atom is -0.476 e. The van der Waals surface area contributed by atoms with Crippen LogP contribution in [0.3, 0.4) is 0 Å². The normalized spacial score (nSPS) is 20.5. The summed E-state index contributed by atoms with van der Waals surface area (Å²) in [5, 5.41) is 16.5. The first-order valence-corrected chi connectivity index (χ1v) is 5.27. The smallest absolute Gasteiger partial charge is 0.355 e. The molecular formula is C8H10N4O2S. The predicted octanol–water partition coefficient (Wildman–Crippen LogP) is 0.712. The molecule has 1 aliphatic heterocycles. The number of carboxylic acids is 1. The number of thiazole rings is 1. The highest BCUT2D eigenvalue weighted by atomic mass is 32.1. The average molecular weight is 226 g/mol. The van der Waals surface area contributed by atoms with Crippen LogP contribution in [0.2, 0.25) is 0 Å². The number of aromatic carboxylic acids is 1. The molecule has 0 fully saturated rings. The number of nitrogens with zero attached hydrogens (tertiary/aromatic N) is 3. The molecule has 0 aromatic carbocycles. The van der Waals surface area contributed by atoms with E-state index in [2.05, 4.69) is 10.1 Å². The van der Waals surface area contributed by atoms with Gasteiger partial charge in [-0.1, -0.05) is 0 Å². The van der Waals surface area contributed by atoms with Gasteiger partial charge in [-0.25, -0.2) is 14.8 Å². The second-order valence-corrected chi connectivity index (χ2v) is 4.15. The highest BCUT2D eigenvalue weighted by molar-refractivity contribution is 7.13. The Balaban J connectivity index is 2.26. The van der Waals surface area contributed by atoms with Gasteiger partial charge in [0, 0.05) is 11.8 Å². The molecule has 80 valence electrons. The Morgan fingerprint density at radius 3 is 3.00 bits per heavy atom. The standard InChI is InChI=1S/C8H10N4O2S/c1-4-2-6(9)11-12(4)8-10-5(3-15-8)7(13)14/h3-4H,2H2,1H3,(H2,9,11)(H,13,14)/t4-/m1/s1. The van der Waals surface area contributed by atoms with Crippen LogP contribution in [0.5, 0.6) is 0 Å². The monoisotopic (exact) mass is 226 g/mol. The summed E-state index contributed by atoms with van der Waals surface area (Å²) in [6.07, 6.45) is 0.683. The van der Waals surface area contributed by atoms with Gasteiger partial charge in [-0.3, -0.25) is 0 Å². The minimum absolute atomic E-state index is 0.0443. The zero-order valence-corrected chi connectivity index (χ0v) is 8.86. The molecule has 1 aliphatic rings. The Labute approximate surface area is 90.0 Å². The third kappa shape index (κ3) is 1.78. The van der Waals surface area contributed by atoms with Crippen LogP contribution < -0.4 is 10.7 Å². The lowest BCUT2D eigenvalue weighted by Crippen LogP contribution is -2.22. The van der Waals surface area contributed by atoms with E-state index in [0.717, 1.165) is 0 Å². The Hall–Kier alpha value is -1.63. The van der Waals surface area contributed by atoms with E-state index >= 15 is 0 Å². The summed E-state index contributed by atoms with van der Waals surface area (Å²) in [6, 6.07) is 0.137. The fourth-order valence-corrected chi connectivity index (χ4v) is 2.22. The van der Waals surface area contributed by atoms with E-state index in [-0.39, 0.29) is 11.7 Å². The van der Waals surface area contributed by atoms with Gasteiger partial charge in [0.2, 0.25) is 5.13 Å². The first kappa shape index (κ1) is 9.91. The summed E-state index contributed by atoms with van der Waals surface area (Å²) in [7, 11) is 0. The van der Waals surface area contributed by atoms with Crippen molar-refractivity contribution in [1.29, 1.82) is 0 Å². The van der Waals surface area contributed by atoms with E-state index in [1.807, 2.05) is 6.92 Å². The minimum atomic E-state index is -1.03. The van der Waals surface area contributed by atoms with Gasteiger partial charge in [0.1, 0.15) is 5.84 Å². The van der Waals surface area contributed by atoms with Crippen molar-refractivity contribution >= 4 is 28.3 Å². The molecule has 0 saturated carbocycles. The molecule has 0 saturated heterocycles. The second kappa shape index (κ2) is 3.50. The summed E-state index contributed by atoms with van der Waals surface area (Å²) in [6.45, 7) is 1.96. The van der Waals surface area contributed by atoms with Gasteiger partial charge in [-0.15, -0.1) is 11.3 Å². The molecule has 3 N–H and O–H groups in total. The van der Waals surface area contributed by atoms with Gasteiger partial charge >= 0.3 is 5.97 Å². The van der Waals surface area contributed by atoms with Gasteiger partial charge in [0.05, 0.1) is 6.04 Å². The van der Waals surface area contributed by atoms with Crippen LogP contribution >= 0.6 is 11.3 Å². The number of rotatable bonds is 2. The Morgan fingerprint density at radius 1 is 1.80 bits per heavy atom. The van der Waals surface area contributed by atoms with Crippen LogP contribution in [0.4, 0.5) is 5.13 Å². The summed E-state index contributed by atoms with van der Waals surface area (Å²) in [5.74, 6) is -0.476. The van der Waals surface area contributed by atoms with E-state index < -0.39 is 5.97 Å². The van der Waals surface area contributed by atoms with Crippen molar-refractivity contribution in [3.05, 3.63) is 11.1 Å². The molecule has 0 spiro atoms. The molecule has 0 radical (unpaired) electrons. The number of nitrogens with two attached hydrogens (primary N) is 1. The van der Waals surface area contributed by atoms with Crippen LogP contribution in [0, 0.1) is 0 Å². The van der Waals surface area contributed by atoms with Crippen LogP contribution in [0.15, 0.2) is 10.5 Å².